The normalized spacial score (nSPS) is 10.6. The van der Waals surface area contributed by atoms with E-state index in [1.807, 2.05) is 17.0 Å². The van der Waals surface area contributed by atoms with Crippen LogP contribution in [0.3, 0.4) is 0 Å². The molecule has 0 aliphatic heterocycles. The van der Waals surface area contributed by atoms with Gasteiger partial charge >= 0.3 is 6.03 Å². The SMILES string of the molecule is NC(=O)N(CCCCCc1ccccc1)CCCCCc1ccccc1. The molecular weight excluding hydrogens is 320 g/mol. The summed E-state index contributed by atoms with van der Waals surface area (Å²) in [6.07, 6.45) is 8.86. The minimum Gasteiger partial charge on any atom is -0.351 e. The van der Waals surface area contributed by atoms with Gasteiger partial charge < -0.3 is 10.6 Å². The number of urea groups is 1. The first-order valence-electron chi connectivity index (χ1n) is 9.88. The largest absolute Gasteiger partial charge is 0.351 e. The van der Waals surface area contributed by atoms with Crippen molar-refractivity contribution in [2.75, 3.05) is 13.1 Å². The van der Waals surface area contributed by atoms with E-state index in [9.17, 15) is 4.79 Å². The molecule has 2 amide bonds. The molecule has 0 saturated heterocycles. The summed E-state index contributed by atoms with van der Waals surface area (Å²) in [7, 11) is 0. The predicted octanol–water partition coefficient (Wildman–Crippen LogP) is 5.19. The zero-order valence-electron chi connectivity index (χ0n) is 15.8. The van der Waals surface area contributed by atoms with Crippen LogP contribution >= 0.6 is 0 Å². The molecule has 26 heavy (non-hydrogen) atoms. The summed E-state index contributed by atoms with van der Waals surface area (Å²) in [6, 6.07) is 20.8. The Labute approximate surface area is 158 Å². The summed E-state index contributed by atoms with van der Waals surface area (Å²) in [5, 5.41) is 0. The highest BCUT2D eigenvalue weighted by Gasteiger charge is 2.08. The Morgan fingerprint density at radius 3 is 1.46 bits per heavy atom. The number of carbonyl (C=O) groups is 1. The summed E-state index contributed by atoms with van der Waals surface area (Å²) >= 11 is 0. The van der Waals surface area contributed by atoms with Crippen molar-refractivity contribution in [1.29, 1.82) is 0 Å². The lowest BCUT2D eigenvalue weighted by atomic mass is 10.1. The van der Waals surface area contributed by atoms with Gasteiger partial charge in [0, 0.05) is 13.1 Å². The Kier molecular flexibility index (Phi) is 9.34. The molecule has 140 valence electrons. The number of unbranched alkanes of at least 4 members (excludes halogenated alkanes) is 4. The third-order valence-corrected chi connectivity index (χ3v) is 4.78. The molecule has 0 unspecified atom stereocenters. The highest BCUT2D eigenvalue weighted by atomic mass is 16.2. The molecule has 0 aliphatic rings. The van der Waals surface area contributed by atoms with Gasteiger partial charge in [-0.05, 0) is 49.7 Å². The van der Waals surface area contributed by atoms with Gasteiger partial charge in [0.25, 0.3) is 0 Å². The van der Waals surface area contributed by atoms with Gasteiger partial charge in [0.05, 0.1) is 0 Å². The molecule has 0 bridgehead atoms. The van der Waals surface area contributed by atoms with Gasteiger partial charge in [0.2, 0.25) is 0 Å². The van der Waals surface area contributed by atoms with E-state index >= 15 is 0 Å². The van der Waals surface area contributed by atoms with Gasteiger partial charge in [-0.25, -0.2) is 4.79 Å². The van der Waals surface area contributed by atoms with Crippen molar-refractivity contribution in [1.82, 2.24) is 4.90 Å². The van der Waals surface area contributed by atoms with Crippen molar-refractivity contribution in [3.05, 3.63) is 71.8 Å². The number of aryl methyl sites for hydroxylation is 2. The van der Waals surface area contributed by atoms with E-state index in [0.29, 0.717) is 0 Å². The minimum absolute atomic E-state index is 0.281. The summed E-state index contributed by atoms with van der Waals surface area (Å²) < 4.78 is 0. The topological polar surface area (TPSA) is 46.3 Å². The molecule has 2 aromatic carbocycles. The number of hydrogen-bond acceptors (Lipinski definition) is 1. The maximum absolute atomic E-state index is 11.6. The Hall–Kier alpha value is -2.29. The molecule has 0 radical (unpaired) electrons. The molecule has 0 atom stereocenters. The maximum atomic E-state index is 11.6. The fraction of sp³-hybridized carbons (Fsp3) is 0.435. The van der Waals surface area contributed by atoms with E-state index in [1.54, 1.807) is 0 Å². The summed E-state index contributed by atoms with van der Waals surface area (Å²) in [5.41, 5.74) is 8.31. The third-order valence-electron chi connectivity index (χ3n) is 4.78. The molecule has 3 heteroatoms. The number of rotatable bonds is 12. The molecule has 2 N–H and O–H groups in total. The fourth-order valence-corrected chi connectivity index (χ4v) is 3.24. The second kappa shape index (κ2) is 12.1. The zero-order valence-corrected chi connectivity index (χ0v) is 15.8. The third kappa shape index (κ3) is 8.19. The van der Waals surface area contributed by atoms with Gasteiger partial charge in [0.15, 0.2) is 0 Å². The van der Waals surface area contributed by atoms with Crippen LogP contribution < -0.4 is 5.73 Å². The van der Waals surface area contributed by atoms with Gasteiger partial charge in [-0.3, -0.25) is 0 Å². The average molecular weight is 353 g/mol. The molecule has 0 aliphatic carbocycles. The molecule has 2 rings (SSSR count). The quantitative estimate of drug-likeness (QED) is 0.525. The molecule has 0 saturated carbocycles. The van der Waals surface area contributed by atoms with Crippen LogP contribution in [0, 0.1) is 0 Å². The molecule has 0 aromatic heterocycles. The molecule has 0 heterocycles. The number of hydrogen-bond donors (Lipinski definition) is 1. The molecule has 3 nitrogen and oxygen atoms in total. The van der Waals surface area contributed by atoms with Crippen LogP contribution in [-0.4, -0.2) is 24.0 Å². The minimum atomic E-state index is -0.281. The van der Waals surface area contributed by atoms with Crippen molar-refractivity contribution in [3.63, 3.8) is 0 Å². The molecular formula is C23H32N2O. The molecule has 0 fully saturated rings. The first-order valence-corrected chi connectivity index (χ1v) is 9.88. The Balaban J connectivity index is 1.54. The zero-order chi connectivity index (χ0) is 18.5. The highest BCUT2D eigenvalue weighted by Crippen LogP contribution is 2.09. The van der Waals surface area contributed by atoms with Crippen molar-refractivity contribution < 1.29 is 4.79 Å². The van der Waals surface area contributed by atoms with Gasteiger partial charge in [-0.15, -0.1) is 0 Å². The molecule has 2 aromatic rings. The van der Waals surface area contributed by atoms with E-state index in [-0.39, 0.29) is 6.03 Å². The van der Waals surface area contributed by atoms with Crippen molar-refractivity contribution in [2.45, 2.75) is 51.4 Å². The second-order valence-electron chi connectivity index (χ2n) is 6.92. The first kappa shape index (κ1) is 20.0. The van der Waals surface area contributed by atoms with E-state index < -0.39 is 0 Å². The Bertz CT molecular complexity index is 563. The average Bonchev–Trinajstić information content (AvgIpc) is 2.67. The van der Waals surface area contributed by atoms with E-state index in [4.69, 9.17) is 5.73 Å². The standard InChI is InChI=1S/C23H32N2O/c24-23(26)25(19-11-3-9-17-21-13-5-1-6-14-21)20-12-4-10-18-22-15-7-2-8-16-22/h1-2,5-8,13-16H,3-4,9-12,17-20H2,(H2,24,26). The van der Waals surface area contributed by atoms with Crippen LogP contribution in [0.5, 0.6) is 0 Å². The number of amides is 2. The van der Waals surface area contributed by atoms with Crippen LogP contribution in [0.25, 0.3) is 0 Å². The summed E-state index contributed by atoms with van der Waals surface area (Å²) in [4.78, 5) is 13.4. The number of nitrogens with zero attached hydrogens (tertiary/aromatic N) is 1. The Morgan fingerprint density at radius 1 is 0.654 bits per heavy atom. The summed E-state index contributed by atoms with van der Waals surface area (Å²) in [6.45, 7) is 1.56. The predicted molar refractivity (Wildman–Crippen MR) is 109 cm³/mol. The number of benzene rings is 2. The van der Waals surface area contributed by atoms with Gasteiger partial charge in [-0.2, -0.15) is 0 Å². The second-order valence-corrected chi connectivity index (χ2v) is 6.92. The fourth-order valence-electron chi connectivity index (χ4n) is 3.24. The smallest absolute Gasteiger partial charge is 0.314 e. The lowest BCUT2D eigenvalue weighted by molar-refractivity contribution is 0.205. The van der Waals surface area contributed by atoms with Crippen molar-refractivity contribution in [2.24, 2.45) is 5.73 Å². The van der Waals surface area contributed by atoms with E-state index in [0.717, 1.165) is 64.5 Å². The van der Waals surface area contributed by atoms with Crippen molar-refractivity contribution >= 4 is 6.03 Å². The molecule has 0 spiro atoms. The summed E-state index contributed by atoms with van der Waals surface area (Å²) in [5.74, 6) is 0. The highest BCUT2D eigenvalue weighted by molar-refractivity contribution is 5.71. The van der Waals surface area contributed by atoms with E-state index in [2.05, 4.69) is 48.5 Å². The van der Waals surface area contributed by atoms with Crippen LogP contribution in [0.4, 0.5) is 4.79 Å². The lowest BCUT2D eigenvalue weighted by Gasteiger charge is -2.20. The Morgan fingerprint density at radius 2 is 1.08 bits per heavy atom. The number of primary amides is 1. The number of nitrogens with two attached hydrogens (primary N) is 1. The first-order chi connectivity index (χ1) is 12.8. The van der Waals surface area contributed by atoms with Crippen molar-refractivity contribution in [3.8, 4) is 0 Å². The van der Waals surface area contributed by atoms with Crippen LogP contribution in [0.15, 0.2) is 60.7 Å². The van der Waals surface area contributed by atoms with Crippen LogP contribution in [-0.2, 0) is 12.8 Å². The number of carbonyl (C=O) groups excluding carboxylic acids is 1. The van der Waals surface area contributed by atoms with Crippen LogP contribution in [0.1, 0.15) is 49.7 Å². The van der Waals surface area contributed by atoms with Gasteiger partial charge in [-0.1, -0.05) is 73.5 Å². The van der Waals surface area contributed by atoms with E-state index in [1.165, 1.54) is 11.1 Å². The van der Waals surface area contributed by atoms with Gasteiger partial charge in [0.1, 0.15) is 0 Å². The lowest BCUT2D eigenvalue weighted by Crippen LogP contribution is -2.37. The van der Waals surface area contributed by atoms with Crippen LogP contribution in [0.2, 0.25) is 0 Å². The maximum Gasteiger partial charge on any atom is 0.314 e. The monoisotopic (exact) mass is 352 g/mol.